The fourth-order valence-corrected chi connectivity index (χ4v) is 3.36. The number of aryl methyl sites for hydroxylation is 2. The lowest BCUT2D eigenvalue weighted by Crippen LogP contribution is -2.52. The van der Waals surface area contributed by atoms with E-state index in [0.29, 0.717) is 11.1 Å². The maximum absolute atomic E-state index is 12.3. The Hall–Kier alpha value is -3.68. The molecule has 0 bridgehead atoms. The van der Waals surface area contributed by atoms with Gasteiger partial charge in [0.1, 0.15) is 5.57 Å². The Morgan fingerprint density at radius 3 is 2.41 bits per heavy atom. The van der Waals surface area contributed by atoms with Crippen LogP contribution < -0.4 is 5.32 Å². The van der Waals surface area contributed by atoms with Gasteiger partial charge in [0.25, 0.3) is 11.8 Å². The highest BCUT2D eigenvalue weighted by Crippen LogP contribution is 2.26. The van der Waals surface area contributed by atoms with E-state index in [1.807, 2.05) is 37.5 Å². The van der Waals surface area contributed by atoms with Crippen LogP contribution in [0.1, 0.15) is 32.9 Å². The SMILES string of the molecule is COC(=O)c1ccc(-n2c(C)cc(C=C3C(=O)NC(=O)N(C)C3=O)c2C)c(C)c1. The summed E-state index contributed by atoms with van der Waals surface area (Å²) in [6.07, 6.45) is 1.48. The average Bonchev–Trinajstić information content (AvgIpc) is 2.96. The monoisotopic (exact) mass is 395 g/mol. The number of aromatic nitrogens is 1. The molecule has 8 nitrogen and oxygen atoms in total. The number of amides is 4. The minimum absolute atomic E-state index is 0.106. The van der Waals surface area contributed by atoms with Gasteiger partial charge in [0.2, 0.25) is 0 Å². The second kappa shape index (κ2) is 7.38. The first-order chi connectivity index (χ1) is 13.6. The van der Waals surface area contributed by atoms with E-state index in [1.165, 1.54) is 20.2 Å². The lowest BCUT2D eigenvalue weighted by molar-refractivity contribution is -0.129. The summed E-state index contributed by atoms with van der Waals surface area (Å²) in [6.45, 7) is 5.66. The molecule has 0 radical (unpaired) electrons. The van der Waals surface area contributed by atoms with Gasteiger partial charge in [-0.1, -0.05) is 0 Å². The molecule has 2 heterocycles. The van der Waals surface area contributed by atoms with Gasteiger partial charge in [0.15, 0.2) is 0 Å². The molecule has 29 heavy (non-hydrogen) atoms. The van der Waals surface area contributed by atoms with Gasteiger partial charge in [-0.3, -0.25) is 19.8 Å². The number of carbonyl (C=O) groups excluding carboxylic acids is 4. The molecule has 1 aliphatic rings. The zero-order valence-electron chi connectivity index (χ0n) is 16.8. The van der Waals surface area contributed by atoms with Crippen LogP contribution in [-0.2, 0) is 14.3 Å². The molecule has 150 valence electrons. The fraction of sp³-hybridized carbons (Fsp3) is 0.238. The summed E-state index contributed by atoms with van der Waals surface area (Å²) >= 11 is 0. The van der Waals surface area contributed by atoms with E-state index >= 15 is 0 Å². The number of carbonyl (C=O) groups is 4. The number of rotatable bonds is 3. The topological polar surface area (TPSA) is 97.7 Å². The minimum Gasteiger partial charge on any atom is -0.465 e. The molecule has 0 unspecified atom stereocenters. The first kappa shape index (κ1) is 20.1. The number of hydrogen-bond acceptors (Lipinski definition) is 5. The molecule has 1 N–H and O–H groups in total. The summed E-state index contributed by atoms with van der Waals surface area (Å²) in [5.41, 5.74) is 4.45. The molecule has 1 aliphatic heterocycles. The van der Waals surface area contributed by atoms with E-state index in [1.54, 1.807) is 12.1 Å². The highest BCUT2D eigenvalue weighted by molar-refractivity contribution is 6.30. The van der Waals surface area contributed by atoms with Crippen molar-refractivity contribution in [1.82, 2.24) is 14.8 Å². The summed E-state index contributed by atoms with van der Waals surface area (Å²) in [5.74, 6) is -1.78. The van der Waals surface area contributed by atoms with Gasteiger partial charge in [0.05, 0.1) is 12.7 Å². The molecule has 2 aromatic rings. The molecule has 3 rings (SSSR count). The normalized spacial score (nSPS) is 15.7. The van der Waals surface area contributed by atoms with E-state index in [9.17, 15) is 19.2 Å². The number of ether oxygens (including phenoxy) is 1. The third-order valence-corrected chi connectivity index (χ3v) is 4.93. The Balaban J connectivity index is 2.06. The second-order valence-electron chi connectivity index (χ2n) is 6.84. The number of urea groups is 1. The number of nitrogens with zero attached hydrogens (tertiary/aromatic N) is 2. The average molecular weight is 395 g/mol. The standard InChI is InChI=1S/C21H21N3O5/c1-11-8-14(20(27)29-5)6-7-17(11)24-12(2)9-15(13(24)3)10-16-18(25)22-21(28)23(4)19(16)26/h6-10H,1-5H3,(H,22,25,28). The quantitative estimate of drug-likeness (QED) is 0.488. The number of imide groups is 2. The van der Waals surface area contributed by atoms with Gasteiger partial charge in [-0.15, -0.1) is 0 Å². The van der Waals surface area contributed by atoms with E-state index in [4.69, 9.17) is 4.74 Å². The predicted molar refractivity (Wildman–Crippen MR) is 106 cm³/mol. The van der Waals surface area contributed by atoms with Crippen LogP contribution in [0.25, 0.3) is 11.8 Å². The summed E-state index contributed by atoms with van der Waals surface area (Å²) in [4.78, 5) is 48.6. The van der Waals surface area contributed by atoms with Gasteiger partial charge in [-0.05, 0) is 62.2 Å². The molecule has 8 heteroatoms. The van der Waals surface area contributed by atoms with Crippen molar-refractivity contribution in [2.75, 3.05) is 14.2 Å². The molecule has 0 atom stereocenters. The van der Waals surface area contributed by atoms with Crippen molar-refractivity contribution >= 4 is 29.9 Å². The lowest BCUT2D eigenvalue weighted by atomic mass is 10.1. The first-order valence-electron chi connectivity index (χ1n) is 8.89. The zero-order chi connectivity index (χ0) is 21.5. The van der Waals surface area contributed by atoms with Crippen LogP contribution in [0, 0.1) is 20.8 Å². The number of likely N-dealkylation sites (N-methyl/N-ethyl adjacent to an activating group) is 1. The molecule has 0 saturated carbocycles. The molecule has 1 aromatic carbocycles. The van der Waals surface area contributed by atoms with E-state index in [-0.39, 0.29) is 5.57 Å². The van der Waals surface area contributed by atoms with Crippen molar-refractivity contribution in [3.8, 4) is 5.69 Å². The van der Waals surface area contributed by atoms with Crippen LogP contribution in [0.2, 0.25) is 0 Å². The summed E-state index contributed by atoms with van der Waals surface area (Å²) in [6, 6.07) is 6.36. The smallest absolute Gasteiger partial charge is 0.337 e. The number of hydrogen-bond donors (Lipinski definition) is 1. The van der Waals surface area contributed by atoms with Gasteiger partial charge >= 0.3 is 12.0 Å². The van der Waals surface area contributed by atoms with Crippen molar-refractivity contribution in [2.24, 2.45) is 0 Å². The predicted octanol–water partition coefficient (Wildman–Crippen LogP) is 2.28. The number of esters is 1. The van der Waals surface area contributed by atoms with Crippen molar-refractivity contribution in [1.29, 1.82) is 0 Å². The minimum atomic E-state index is -0.746. The largest absolute Gasteiger partial charge is 0.465 e. The molecule has 1 aromatic heterocycles. The highest BCUT2D eigenvalue weighted by atomic mass is 16.5. The van der Waals surface area contributed by atoms with Crippen LogP contribution in [0.15, 0.2) is 29.8 Å². The Morgan fingerprint density at radius 1 is 1.10 bits per heavy atom. The number of nitrogens with one attached hydrogen (secondary N) is 1. The summed E-state index contributed by atoms with van der Waals surface area (Å²) in [5, 5.41) is 2.14. The van der Waals surface area contributed by atoms with E-state index in [2.05, 4.69) is 5.32 Å². The third kappa shape index (κ3) is 3.44. The van der Waals surface area contributed by atoms with E-state index in [0.717, 1.165) is 27.5 Å². The fourth-order valence-electron chi connectivity index (χ4n) is 3.36. The van der Waals surface area contributed by atoms with Gasteiger partial charge < -0.3 is 9.30 Å². The van der Waals surface area contributed by atoms with Crippen molar-refractivity contribution in [3.63, 3.8) is 0 Å². The van der Waals surface area contributed by atoms with Crippen molar-refractivity contribution in [2.45, 2.75) is 20.8 Å². The molecule has 4 amide bonds. The maximum atomic E-state index is 12.3. The van der Waals surface area contributed by atoms with Gasteiger partial charge in [0, 0.05) is 24.1 Å². The first-order valence-corrected chi connectivity index (χ1v) is 8.89. The Kier molecular flexibility index (Phi) is 5.11. The number of methoxy groups -OCH3 is 1. The van der Waals surface area contributed by atoms with Crippen LogP contribution in [0.3, 0.4) is 0 Å². The molecule has 0 aliphatic carbocycles. The van der Waals surface area contributed by atoms with Crippen LogP contribution in [-0.4, -0.2) is 47.4 Å². The second-order valence-corrected chi connectivity index (χ2v) is 6.84. The van der Waals surface area contributed by atoms with Crippen LogP contribution >= 0.6 is 0 Å². The molecule has 0 spiro atoms. The molecular weight excluding hydrogens is 374 g/mol. The Bertz CT molecular complexity index is 1090. The van der Waals surface area contributed by atoms with Crippen LogP contribution in [0.4, 0.5) is 4.79 Å². The van der Waals surface area contributed by atoms with Crippen LogP contribution in [0.5, 0.6) is 0 Å². The van der Waals surface area contributed by atoms with E-state index < -0.39 is 23.8 Å². The summed E-state index contributed by atoms with van der Waals surface area (Å²) in [7, 11) is 2.65. The maximum Gasteiger partial charge on any atom is 0.337 e. The third-order valence-electron chi connectivity index (χ3n) is 4.93. The summed E-state index contributed by atoms with van der Waals surface area (Å²) < 4.78 is 6.73. The number of benzene rings is 1. The van der Waals surface area contributed by atoms with Crippen molar-refractivity contribution < 1.29 is 23.9 Å². The zero-order valence-corrected chi connectivity index (χ0v) is 16.8. The Labute approximate surface area is 167 Å². The number of barbiturate groups is 1. The molecular formula is C21H21N3O5. The molecule has 1 fully saturated rings. The highest BCUT2D eigenvalue weighted by Gasteiger charge is 2.33. The Morgan fingerprint density at radius 2 is 1.79 bits per heavy atom. The molecule has 1 saturated heterocycles. The van der Waals surface area contributed by atoms with Gasteiger partial charge in [-0.2, -0.15) is 0 Å². The van der Waals surface area contributed by atoms with Crippen molar-refractivity contribution in [3.05, 3.63) is 57.9 Å². The lowest BCUT2D eigenvalue weighted by Gasteiger charge is -2.22. The van der Waals surface area contributed by atoms with Gasteiger partial charge in [-0.25, -0.2) is 9.59 Å².